The van der Waals surface area contributed by atoms with Crippen LogP contribution in [0.15, 0.2) is 18.2 Å². The van der Waals surface area contributed by atoms with Gasteiger partial charge in [0.2, 0.25) is 0 Å². The predicted octanol–water partition coefficient (Wildman–Crippen LogP) is 2.78. The average molecular weight is 311 g/mol. The Labute approximate surface area is 130 Å². The molecule has 22 heavy (non-hydrogen) atoms. The molecular formula is C16H25NO5. The standard InChI is InChI=1S/C16H25NO5/c1-10(2)17(15(21)22-16(3,4)5)9-14(20)11-6-7-12(18)13(19)8-11/h6-8,10,14,18-20H,9H2,1-5H3/t14-/m1/s1. The van der Waals surface area contributed by atoms with Crippen molar-refractivity contribution >= 4 is 6.09 Å². The number of phenolic OH excluding ortho intramolecular Hbond substituents is 2. The monoisotopic (exact) mass is 311 g/mol. The van der Waals surface area contributed by atoms with Crippen LogP contribution >= 0.6 is 0 Å². The van der Waals surface area contributed by atoms with Crippen molar-refractivity contribution in [3.63, 3.8) is 0 Å². The first-order valence-corrected chi connectivity index (χ1v) is 7.21. The molecule has 1 rings (SSSR count). The molecule has 0 saturated heterocycles. The van der Waals surface area contributed by atoms with Crippen molar-refractivity contribution in [1.82, 2.24) is 4.90 Å². The number of nitrogens with zero attached hydrogens (tertiary/aromatic N) is 1. The number of carbonyl (C=O) groups is 1. The summed E-state index contributed by atoms with van der Waals surface area (Å²) < 4.78 is 5.33. The largest absolute Gasteiger partial charge is 0.504 e. The fourth-order valence-electron chi connectivity index (χ4n) is 1.86. The second-order valence-corrected chi connectivity index (χ2v) is 6.49. The Morgan fingerprint density at radius 3 is 2.27 bits per heavy atom. The highest BCUT2D eigenvalue weighted by atomic mass is 16.6. The Morgan fingerprint density at radius 1 is 1.23 bits per heavy atom. The van der Waals surface area contributed by atoms with E-state index >= 15 is 0 Å². The minimum Gasteiger partial charge on any atom is -0.504 e. The van der Waals surface area contributed by atoms with Crippen LogP contribution in [-0.2, 0) is 4.74 Å². The average Bonchev–Trinajstić information content (AvgIpc) is 2.36. The van der Waals surface area contributed by atoms with E-state index in [1.54, 1.807) is 20.8 Å². The molecule has 3 N–H and O–H groups in total. The third-order valence-corrected chi connectivity index (χ3v) is 3.01. The van der Waals surface area contributed by atoms with Gasteiger partial charge in [0.15, 0.2) is 11.5 Å². The summed E-state index contributed by atoms with van der Waals surface area (Å²) in [6.07, 6.45) is -1.51. The maximum absolute atomic E-state index is 12.2. The van der Waals surface area contributed by atoms with Crippen LogP contribution in [0, 0.1) is 0 Å². The van der Waals surface area contributed by atoms with Gasteiger partial charge < -0.3 is 25.0 Å². The molecular weight excluding hydrogens is 286 g/mol. The van der Waals surface area contributed by atoms with Crippen molar-refractivity contribution in [2.24, 2.45) is 0 Å². The zero-order chi connectivity index (χ0) is 17.1. The number of aliphatic hydroxyl groups excluding tert-OH is 1. The van der Waals surface area contributed by atoms with Gasteiger partial charge in [-0.25, -0.2) is 4.79 Å². The minimum atomic E-state index is -0.999. The molecule has 0 radical (unpaired) electrons. The molecule has 0 aliphatic carbocycles. The van der Waals surface area contributed by atoms with E-state index < -0.39 is 17.8 Å². The Bertz CT molecular complexity index is 522. The van der Waals surface area contributed by atoms with Crippen LogP contribution in [-0.4, -0.2) is 44.5 Å². The summed E-state index contributed by atoms with van der Waals surface area (Å²) in [5.41, 5.74) is -0.212. The maximum Gasteiger partial charge on any atom is 0.410 e. The summed E-state index contributed by atoms with van der Waals surface area (Å²) in [7, 11) is 0. The first-order chi connectivity index (χ1) is 10.0. The van der Waals surface area contributed by atoms with Gasteiger partial charge in [-0.1, -0.05) is 6.07 Å². The fraction of sp³-hybridized carbons (Fsp3) is 0.562. The molecule has 0 aliphatic rings. The van der Waals surface area contributed by atoms with Crippen molar-refractivity contribution in [2.45, 2.75) is 52.4 Å². The van der Waals surface area contributed by atoms with E-state index in [0.29, 0.717) is 5.56 Å². The van der Waals surface area contributed by atoms with Gasteiger partial charge in [0.1, 0.15) is 5.60 Å². The Hall–Kier alpha value is -1.95. The molecule has 0 spiro atoms. The summed E-state index contributed by atoms with van der Waals surface area (Å²) in [6.45, 7) is 9.00. The maximum atomic E-state index is 12.2. The van der Waals surface area contributed by atoms with Gasteiger partial charge in [-0.3, -0.25) is 0 Å². The summed E-state index contributed by atoms with van der Waals surface area (Å²) >= 11 is 0. The quantitative estimate of drug-likeness (QED) is 0.744. The lowest BCUT2D eigenvalue weighted by molar-refractivity contribution is 0.00724. The van der Waals surface area contributed by atoms with E-state index in [1.165, 1.54) is 23.1 Å². The third kappa shape index (κ3) is 5.11. The lowest BCUT2D eigenvalue weighted by Gasteiger charge is -2.31. The van der Waals surface area contributed by atoms with Crippen LogP contribution in [0.2, 0.25) is 0 Å². The van der Waals surface area contributed by atoms with Crippen LogP contribution in [0.3, 0.4) is 0 Å². The molecule has 6 heteroatoms. The second-order valence-electron chi connectivity index (χ2n) is 6.49. The van der Waals surface area contributed by atoms with E-state index in [1.807, 2.05) is 13.8 Å². The van der Waals surface area contributed by atoms with Crippen LogP contribution in [0.5, 0.6) is 11.5 Å². The van der Waals surface area contributed by atoms with Crippen molar-refractivity contribution in [3.8, 4) is 11.5 Å². The molecule has 0 saturated carbocycles. The lowest BCUT2D eigenvalue weighted by atomic mass is 10.1. The number of phenols is 2. The van der Waals surface area contributed by atoms with Crippen molar-refractivity contribution in [1.29, 1.82) is 0 Å². The molecule has 0 aliphatic heterocycles. The van der Waals surface area contributed by atoms with Gasteiger partial charge >= 0.3 is 6.09 Å². The van der Waals surface area contributed by atoms with Gasteiger partial charge in [-0.2, -0.15) is 0 Å². The number of amides is 1. The predicted molar refractivity (Wildman–Crippen MR) is 82.8 cm³/mol. The van der Waals surface area contributed by atoms with Crippen molar-refractivity contribution < 1.29 is 24.9 Å². The minimum absolute atomic E-state index is 0.0246. The van der Waals surface area contributed by atoms with Gasteiger partial charge in [0.25, 0.3) is 0 Å². The zero-order valence-corrected chi connectivity index (χ0v) is 13.7. The number of hydrogen-bond donors (Lipinski definition) is 3. The van der Waals surface area contributed by atoms with E-state index in [-0.39, 0.29) is 24.1 Å². The molecule has 1 amide bonds. The normalized spacial score (nSPS) is 13.0. The molecule has 124 valence electrons. The van der Waals surface area contributed by atoms with Gasteiger partial charge in [0, 0.05) is 6.04 Å². The van der Waals surface area contributed by atoms with Crippen LogP contribution in [0.25, 0.3) is 0 Å². The topological polar surface area (TPSA) is 90.2 Å². The highest BCUT2D eigenvalue weighted by Crippen LogP contribution is 2.28. The number of hydrogen-bond acceptors (Lipinski definition) is 5. The van der Waals surface area contributed by atoms with Crippen LogP contribution < -0.4 is 0 Å². The highest BCUT2D eigenvalue weighted by molar-refractivity contribution is 5.68. The molecule has 0 bridgehead atoms. The summed E-state index contributed by atoms with van der Waals surface area (Å²) in [4.78, 5) is 13.6. The van der Waals surface area contributed by atoms with Gasteiger partial charge in [0.05, 0.1) is 12.6 Å². The first-order valence-electron chi connectivity index (χ1n) is 7.21. The first kappa shape index (κ1) is 18.1. The number of aromatic hydroxyl groups is 2. The highest BCUT2D eigenvalue weighted by Gasteiger charge is 2.26. The van der Waals surface area contributed by atoms with Gasteiger partial charge in [-0.15, -0.1) is 0 Å². The van der Waals surface area contributed by atoms with E-state index in [2.05, 4.69) is 0 Å². The summed E-state index contributed by atoms with van der Waals surface area (Å²) in [5, 5.41) is 29.0. The SMILES string of the molecule is CC(C)N(C[C@@H](O)c1ccc(O)c(O)c1)C(=O)OC(C)(C)C. The molecule has 1 aromatic carbocycles. The van der Waals surface area contributed by atoms with Crippen molar-refractivity contribution in [2.75, 3.05) is 6.54 Å². The van der Waals surface area contributed by atoms with Crippen LogP contribution in [0.4, 0.5) is 4.79 Å². The Morgan fingerprint density at radius 2 is 1.82 bits per heavy atom. The van der Waals surface area contributed by atoms with E-state index in [4.69, 9.17) is 4.74 Å². The van der Waals surface area contributed by atoms with Crippen LogP contribution in [0.1, 0.15) is 46.3 Å². The molecule has 1 atom stereocenters. The number of aliphatic hydroxyl groups is 1. The fourth-order valence-corrected chi connectivity index (χ4v) is 1.86. The smallest absolute Gasteiger partial charge is 0.410 e. The molecule has 0 aromatic heterocycles. The van der Waals surface area contributed by atoms with E-state index in [9.17, 15) is 20.1 Å². The summed E-state index contributed by atoms with van der Waals surface area (Å²) in [5.74, 6) is -0.575. The number of benzene rings is 1. The molecule has 0 unspecified atom stereocenters. The lowest BCUT2D eigenvalue weighted by Crippen LogP contribution is -2.43. The van der Waals surface area contributed by atoms with Gasteiger partial charge in [-0.05, 0) is 52.3 Å². The molecule has 1 aromatic rings. The Kier molecular flexibility index (Phi) is 5.65. The molecule has 0 fully saturated rings. The van der Waals surface area contributed by atoms with E-state index in [0.717, 1.165) is 0 Å². The third-order valence-electron chi connectivity index (χ3n) is 3.01. The van der Waals surface area contributed by atoms with Crippen molar-refractivity contribution in [3.05, 3.63) is 23.8 Å². The number of carbonyl (C=O) groups excluding carboxylic acids is 1. The number of rotatable bonds is 4. The second kappa shape index (κ2) is 6.87. The zero-order valence-electron chi connectivity index (χ0n) is 13.7. The Balaban J connectivity index is 2.86. The molecule has 0 heterocycles. The molecule has 6 nitrogen and oxygen atoms in total. The summed E-state index contributed by atoms with van der Waals surface area (Å²) in [6, 6.07) is 3.90. The number of ether oxygens (including phenoxy) is 1.